The van der Waals surface area contributed by atoms with E-state index in [9.17, 15) is 0 Å². The maximum Gasteiger partial charge on any atom is 0.212 e. The Morgan fingerprint density at radius 3 is 2.89 bits per heavy atom. The highest BCUT2D eigenvalue weighted by Gasteiger charge is 2.06. The normalized spacial score (nSPS) is 12.3. The maximum atomic E-state index is 5.04. The number of rotatable bonds is 7. The smallest absolute Gasteiger partial charge is 0.212 e. The summed E-state index contributed by atoms with van der Waals surface area (Å²) in [5.41, 5.74) is 1.16. The van der Waals surface area contributed by atoms with Crippen LogP contribution in [0.4, 0.5) is 0 Å². The van der Waals surface area contributed by atoms with E-state index in [1.54, 1.807) is 13.3 Å². The Morgan fingerprint density at radius 2 is 2.32 bits per heavy atom. The van der Waals surface area contributed by atoms with Crippen LogP contribution >= 0.6 is 0 Å². The van der Waals surface area contributed by atoms with Crippen LogP contribution in [-0.4, -0.2) is 27.7 Å². The minimum atomic E-state index is 0.427. The van der Waals surface area contributed by atoms with E-state index in [-0.39, 0.29) is 0 Å². The van der Waals surface area contributed by atoms with Gasteiger partial charge in [-0.1, -0.05) is 13.0 Å². The van der Waals surface area contributed by atoms with Crippen molar-refractivity contribution in [3.05, 3.63) is 42.6 Å². The molecule has 0 aromatic carbocycles. The molecule has 0 aliphatic heterocycles. The van der Waals surface area contributed by atoms with Gasteiger partial charge < -0.3 is 14.6 Å². The van der Waals surface area contributed by atoms with Crippen LogP contribution in [0.3, 0.4) is 0 Å². The molecule has 2 rings (SSSR count). The lowest BCUT2D eigenvalue weighted by Crippen LogP contribution is -2.31. The average molecular weight is 260 g/mol. The summed E-state index contributed by atoms with van der Waals surface area (Å²) in [6, 6.07) is 4.34. The Morgan fingerprint density at radius 1 is 1.42 bits per heavy atom. The van der Waals surface area contributed by atoms with Gasteiger partial charge in [-0.2, -0.15) is 0 Å². The van der Waals surface area contributed by atoms with Crippen molar-refractivity contribution in [2.75, 3.05) is 7.11 Å². The zero-order valence-corrected chi connectivity index (χ0v) is 11.4. The molecular weight excluding hydrogens is 240 g/mol. The van der Waals surface area contributed by atoms with Crippen molar-refractivity contribution in [2.45, 2.75) is 32.5 Å². The van der Waals surface area contributed by atoms with Crippen LogP contribution in [0.25, 0.3) is 0 Å². The number of nitrogens with zero attached hydrogens (tertiary/aromatic N) is 3. The van der Waals surface area contributed by atoms with Gasteiger partial charge in [0.2, 0.25) is 5.88 Å². The fourth-order valence-electron chi connectivity index (χ4n) is 1.89. The van der Waals surface area contributed by atoms with Crippen LogP contribution in [0.1, 0.15) is 18.9 Å². The number of hydrogen-bond donors (Lipinski definition) is 1. The molecule has 1 atom stereocenters. The van der Waals surface area contributed by atoms with Gasteiger partial charge in [0.25, 0.3) is 0 Å². The summed E-state index contributed by atoms with van der Waals surface area (Å²) in [5.74, 6) is 0.647. The van der Waals surface area contributed by atoms with Crippen LogP contribution < -0.4 is 10.1 Å². The highest BCUT2D eigenvalue weighted by molar-refractivity contribution is 5.17. The van der Waals surface area contributed by atoms with E-state index in [4.69, 9.17) is 4.74 Å². The Hall–Kier alpha value is -1.88. The Balaban J connectivity index is 1.84. The number of nitrogens with one attached hydrogen (secondary N) is 1. The van der Waals surface area contributed by atoms with Crippen molar-refractivity contribution in [2.24, 2.45) is 0 Å². The third kappa shape index (κ3) is 4.06. The van der Waals surface area contributed by atoms with E-state index < -0.39 is 0 Å². The molecule has 1 unspecified atom stereocenters. The molecule has 0 aliphatic carbocycles. The number of pyridine rings is 1. The van der Waals surface area contributed by atoms with Crippen LogP contribution in [-0.2, 0) is 13.1 Å². The molecule has 0 saturated heterocycles. The fraction of sp³-hybridized carbons (Fsp3) is 0.429. The number of hydrogen-bond acceptors (Lipinski definition) is 4. The van der Waals surface area contributed by atoms with Gasteiger partial charge in [-0.15, -0.1) is 0 Å². The maximum absolute atomic E-state index is 5.04. The summed E-state index contributed by atoms with van der Waals surface area (Å²) >= 11 is 0. The second kappa shape index (κ2) is 6.89. The molecule has 0 saturated carbocycles. The Kier molecular flexibility index (Phi) is 4.92. The molecule has 2 aromatic rings. The first-order chi connectivity index (χ1) is 9.31. The summed E-state index contributed by atoms with van der Waals surface area (Å²) in [4.78, 5) is 8.26. The van der Waals surface area contributed by atoms with Crippen molar-refractivity contribution in [3.63, 3.8) is 0 Å². The zero-order chi connectivity index (χ0) is 13.5. The van der Waals surface area contributed by atoms with Crippen LogP contribution in [0.5, 0.6) is 5.88 Å². The van der Waals surface area contributed by atoms with E-state index in [1.807, 2.05) is 30.9 Å². The van der Waals surface area contributed by atoms with E-state index in [0.29, 0.717) is 11.9 Å². The topological polar surface area (TPSA) is 52.0 Å². The van der Waals surface area contributed by atoms with Crippen molar-refractivity contribution >= 4 is 0 Å². The molecule has 0 spiro atoms. The van der Waals surface area contributed by atoms with E-state index in [1.165, 1.54) is 0 Å². The lowest BCUT2D eigenvalue weighted by Gasteiger charge is -2.17. The molecule has 0 aliphatic rings. The molecule has 19 heavy (non-hydrogen) atoms. The van der Waals surface area contributed by atoms with Gasteiger partial charge >= 0.3 is 0 Å². The molecule has 0 amide bonds. The minimum absolute atomic E-state index is 0.427. The summed E-state index contributed by atoms with van der Waals surface area (Å²) in [7, 11) is 1.62. The third-order valence-corrected chi connectivity index (χ3v) is 3.08. The van der Waals surface area contributed by atoms with Gasteiger partial charge in [0.05, 0.1) is 13.4 Å². The molecule has 102 valence electrons. The van der Waals surface area contributed by atoms with Gasteiger partial charge in [-0.05, 0) is 12.0 Å². The van der Waals surface area contributed by atoms with Crippen molar-refractivity contribution < 1.29 is 4.74 Å². The molecule has 5 heteroatoms. The third-order valence-electron chi connectivity index (χ3n) is 3.08. The summed E-state index contributed by atoms with van der Waals surface area (Å²) < 4.78 is 7.13. The second-order valence-electron chi connectivity index (χ2n) is 4.45. The van der Waals surface area contributed by atoms with Crippen LogP contribution in [0.2, 0.25) is 0 Å². The fourth-order valence-corrected chi connectivity index (χ4v) is 1.89. The van der Waals surface area contributed by atoms with E-state index in [2.05, 4.69) is 26.8 Å². The lowest BCUT2D eigenvalue weighted by molar-refractivity contribution is 0.397. The Labute approximate surface area is 113 Å². The lowest BCUT2D eigenvalue weighted by atomic mass is 10.2. The Bertz CT molecular complexity index is 467. The average Bonchev–Trinajstić information content (AvgIpc) is 2.97. The molecule has 2 heterocycles. The summed E-state index contributed by atoms with van der Waals surface area (Å²) in [6.07, 6.45) is 8.55. The first-order valence-electron chi connectivity index (χ1n) is 6.50. The molecule has 0 radical (unpaired) electrons. The van der Waals surface area contributed by atoms with Gasteiger partial charge in [0.15, 0.2) is 0 Å². The number of methoxy groups -OCH3 is 1. The van der Waals surface area contributed by atoms with Gasteiger partial charge in [-0.3, -0.25) is 0 Å². The molecular formula is C14H20N4O. The second-order valence-corrected chi connectivity index (χ2v) is 4.45. The van der Waals surface area contributed by atoms with Gasteiger partial charge in [0, 0.05) is 43.8 Å². The van der Waals surface area contributed by atoms with Crippen LogP contribution in [0.15, 0.2) is 37.1 Å². The first-order valence-corrected chi connectivity index (χ1v) is 6.50. The number of aromatic nitrogens is 3. The molecule has 2 aromatic heterocycles. The number of ether oxygens (including phenoxy) is 1. The van der Waals surface area contributed by atoms with Crippen LogP contribution in [0, 0.1) is 0 Å². The quantitative estimate of drug-likeness (QED) is 0.825. The number of imidazole rings is 1. The highest BCUT2D eigenvalue weighted by atomic mass is 16.5. The van der Waals surface area contributed by atoms with E-state index >= 15 is 0 Å². The summed E-state index contributed by atoms with van der Waals surface area (Å²) in [6.45, 7) is 3.92. The summed E-state index contributed by atoms with van der Waals surface area (Å²) in [5, 5.41) is 3.53. The minimum Gasteiger partial charge on any atom is -0.481 e. The van der Waals surface area contributed by atoms with Crippen molar-refractivity contribution in [1.82, 2.24) is 19.9 Å². The molecule has 0 fully saturated rings. The van der Waals surface area contributed by atoms with Crippen molar-refractivity contribution in [1.29, 1.82) is 0 Å². The SMILES string of the molecule is CCC(Cn1ccnc1)NCc1ccc(OC)nc1. The standard InChI is InChI=1S/C14H20N4O/c1-3-13(10-18-7-6-15-11-18)16-8-12-4-5-14(19-2)17-9-12/h4-7,9,11,13,16H,3,8,10H2,1-2H3. The first kappa shape index (κ1) is 13.5. The predicted molar refractivity (Wildman–Crippen MR) is 73.9 cm³/mol. The van der Waals surface area contributed by atoms with Gasteiger partial charge in [-0.25, -0.2) is 9.97 Å². The zero-order valence-electron chi connectivity index (χ0n) is 11.4. The monoisotopic (exact) mass is 260 g/mol. The highest BCUT2D eigenvalue weighted by Crippen LogP contribution is 2.07. The van der Waals surface area contributed by atoms with Crippen molar-refractivity contribution in [3.8, 4) is 5.88 Å². The predicted octanol–water partition coefficient (Wildman–Crippen LogP) is 1.86. The van der Waals surface area contributed by atoms with Gasteiger partial charge in [0.1, 0.15) is 0 Å². The largest absolute Gasteiger partial charge is 0.481 e. The molecule has 1 N–H and O–H groups in total. The molecule has 0 bridgehead atoms. The van der Waals surface area contributed by atoms with E-state index in [0.717, 1.165) is 25.1 Å². The molecule has 5 nitrogen and oxygen atoms in total.